The fourth-order valence-electron chi connectivity index (χ4n) is 7.15. The highest BCUT2D eigenvalue weighted by Gasteiger charge is 2.76. The summed E-state index contributed by atoms with van der Waals surface area (Å²) >= 11 is 17.6. The summed E-state index contributed by atoms with van der Waals surface area (Å²) in [5.41, 5.74) is 2.56. The molecule has 2 aromatic rings. The molecule has 1 saturated carbocycles. The van der Waals surface area contributed by atoms with E-state index in [2.05, 4.69) is 15.9 Å². The van der Waals surface area contributed by atoms with Crippen molar-refractivity contribution >= 4 is 68.4 Å². The number of amides is 4. The standard InChI is InChI=1S/C30H27BrCl2N2O6/c1-3-15-4-7-17(8-5-15)35-25(37)19-10-9-18-20(23(19)26(35)38)13-29(32)27(39)34(14-31)28(40)30(29,33)24(18)16-6-11-22(41-2)21(36)12-16/h4-9,11-12,19-20,23-24,36H,3,10,13-14H2,1-2H3/t19-,20+,23-,24-,29+,30-/m0/s1. The number of methoxy groups -OCH3 is 1. The third-order valence-electron chi connectivity index (χ3n) is 9.15. The number of rotatable bonds is 5. The molecule has 0 unspecified atom stereocenters. The van der Waals surface area contributed by atoms with Crippen molar-refractivity contribution in [3.8, 4) is 11.5 Å². The van der Waals surface area contributed by atoms with Crippen molar-refractivity contribution in [3.63, 3.8) is 0 Å². The summed E-state index contributed by atoms with van der Waals surface area (Å²) in [5, 5.41) is 10.7. The molecule has 4 amide bonds. The van der Waals surface area contributed by atoms with Crippen molar-refractivity contribution < 1.29 is 29.0 Å². The van der Waals surface area contributed by atoms with Crippen molar-refractivity contribution in [1.29, 1.82) is 0 Å². The Morgan fingerprint density at radius 1 is 1.02 bits per heavy atom. The highest BCUT2D eigenvalue weighted by atomic mass is 79.9. The molecule has 4 aliphatic rings. The van der Waals surface area contributed by atoms with Gasteiger partial charge in [0.15, 0.2) is 21.2 Å². The molecular weight excluding hydrogens is 635 g/mol. The first-order chi connectivity index (χ1) is 19.5. The number of benzene rings is 2. The molecule has 0 spiro atoms. The van der Waals surface area contributed by atoms with Crippen LogP contribution in [-0.4, -0.2) is 55.9 Å². The maximum absolute atomic E-state index is 14.1. The monoisotopic (exact) mass is 660 g/mol. The average Bonchev–Trinajstić information content (AvgIpc) is 3.30. The first kappa shape index (κ1) is 28.2. The predicted molar refractivity (Wildman–Crippen MR) is 156 cm³/mol. The molecule has 2 saturated heterocycles. The van der Waals surface area contributed by atoms with Crippen molar-refractivity contribution in [2.75, 3.05) is 17.5 Å². The van der Waals surface area contributed by atoms with Crippen LogP contribution in [0.3, 0.4) is 0 Å². The van der Waals surface area contributed by atoms with Gasteiger partial charge in [0.05, 0.1) is 30.1 Å². The van der Waals surface area contributed by atoms with Crippen LogP contribution in [0, 0.1) is 17.8 Å². The van der Waals surface area contributed by atoms with E-state index in [4.69, 9.17) is 27.9 Å². The zero-order valence-corrected chi connectivity index (χ0v) is 25.4. The fourth-order valence-corrected chi connectivity index (χ4v) is 8.57. The van der Waals surface area contributed by atoms with Crippen LogP contribution in [0.5, 0.6) is 11.5 Å². The molecule has 41 heavy (non-hydrogen) atoms. The van der Waals surface area contributed by atoms with E-state index in [0.717, 1.165) is 16.9 Å². The number of nitrogens with zero attached hydrogens (tertiary/aromatic N) is 2. The summed E-state index contributed by atoms with van der Waals surface area (Å²) in [5.74, 6) is -4.99. The fraction of sp³-hybridized carbons (Fsp3) is 0.400. The van der Waals surface area contributed by atoms with Gasteiger partial charge in [0, 0.05) is 5.92 Å². The van der Waals surface area contributed by atoms with Crippen molar-refractivity contribution in [3.05, 3.63) is 65.2 Å². The normalized spacial score (nSPS) is 32.6. The lowest BCUT2D eigenvalue weighted by Crippen LogP contribution is -2.60. The van der Waals surface area contributed by atoms with Gasteiger partial charge in [-0.3, -0.25) is 29.0 Å². The molecule has 6 rings (SSSR count). The lowest BCUT2D eigenvalue weighted by Gasteiger charge is -2.50. The summed E-state index contributed by atoms with van der Waals surface area (Å²) in [7, 11) is 1.42. The number of likely N-dealkylation sites (tertiary alicyclic amines) is 1. The second-order valence-corrected chi connectivity index (χ2v) is 12.7. The minimum atomic E-state index is -1.93. The van der Waals surface area contributed by atoms with Crippen LogP contribution in [-0.2, 0) is 25.6 Å². The van der Waals surface area contributed by atoms with Crippen LogP contribution in [0.25, 0.3) is 0 Å². The summed E-state index contributed by atoms with van der Waals surface area (Å²) in [6, 6.07) is 12.0. The number of phenolic OH excluding ortho intramolecular Hbond substituents is 1. The first-order valence-corrected chi connectivity index (χ1v) is 15.2. The Hall–Kier alpha value is -2.88. The Balaban J connectivity index is 1.50. The van der Waals surface area contributed by atoms with Gasteiger partial charge in [0.25, 0.3) is 11.8 Å². The molecule has 0 aromatic heterocycles. The number of aromatic hydroxyl groups is 1. The van der Waals surface area contributed by atoms with Crippen LogP contribution in [0.2, 0.25) is 0 Å². The number of hydrogen-bond acceptors (Lipinski definition) is 6. The van der Waals surface area contributed by atoms with Crippen LogP contribution >= 0.6 is 39.1 Å². The van der Waals surface area contributed by atoms with Gasteiger partial charge in [-0.2, -0.15) is 0 Å². The molecule has 1 N–H and O–H groups in total. The molecule has 0 bridgehead atoms. The summed E-state index contributed by atoms with van der Waals surface area (Å²) in [6.45, 7) is 2.02. The minimum absolute atomic E-state index is 0.0978. The number of hydrogen-bond donors (Lipinski definition) is 1. The number of halogens is 3. The van der Waals surface area contributed by atoms with Gasteiger partial charge in [0.2, 0.25) is 11.8 Å². The lowest BCUT2D eigenvalue weighted by atomic mass is 9.56. The van der Waals surface area contributed by atoms with Crippen LogP contribution in [0.15, 0.2) is 54.1 Å². The molecule has 2 aliphatic carbocycles. The average molecular weight is 662 g/mol. The lowest BCUT2D eigenvalue weighted by molar-refractivity contribution is -0.138. The molecule has 8 nitrogen and oxygen atoms in total. The molecule has 2 heterocycles. The summed E-state index contributed by atoms with van der Waals surface area (Å²) in [6.07, 6.45) is 2.85. The maximum Gasteiger partial charge on any atom is 0.254 e. The zero-order valence-electron chi connectivity index (χ0n) is 22.3. The second-order valence-electron chi connectivity index (χ2n) is 10.9. The molecule has 214 valence electrons. The van der Waals surface area contributed by atoms with E-state index < -0.39 is 45.2 Å². The molecule has 11 heteroatoms. The largest absolute Gasteiger partial charge is 0.504 e. The number of anilines is 1. The third-order valence-corrected chi connectivity index (χ3v) is 11.1. The Labute approximate surface area is 255 Å². The number of fused-ring (bicyclic) bond motifs is 4. The summed E-state index contributed by atoms with van der Waals surface area (Å²) in [4.78, 5) is 53.6. The maximum atomic E-state index is 14.1. The third kappa shape index (κ3) is 3.71. The van der Waals surface area contributed by atoms with E-state index in [1.165, 1.54) is 18.1 Å². The molecule has 2 aliphatic heterocycles. The Morgan fingerprint density at radius 2 is 1.73 bits per heavy atom. The van der Waals surface area contributed by atoms with E-state index >= 15 is 0 Å². The van der Waals surface area contributed by atoms with Gasteiger partial charge in [-0.1, -0.05) is 52.7 Å². The number of carbonyl (C=O) groups excluding carboxylic acids is 4. The molecule has 0 radical (unpaired) electrons. The quantitative estimate of drug-likeness (QED) is 0.212. The van der Waals surface area contributed by atoms with Crippen molar-refractivity contribution in [2.24, 2.45) is 17.8 Å². The van der Waals surface area contributed by atoms with E-state index in [-0.39, 0.29) is 41.6 Å². The van der Waals surface area contributed by atoms with Gasteiger partial charge >= 0.3 is 0 Å². The summed E-state index contributed by atoms with van der Waals surface area (Å²) < 4.78 is 5.20. The number of aryl methyl sites for hydroxylation is 1. The predicted octanol–water partition coefficient (Wildman–Crippen LogP) is 4.88. The Bertz CT molecular complexity index is 1530. The number of allylic oxidation sites excluding steroid dienone is 2. The van der Waals surface area contributed by atoms with Gasteiger partial charge in [0.1, 0.15) is 0 Å². The molecular formula is C30H27BrCl2N2O6. The van der Waals surface area contributed by atoms with Gasteiger partial charge in [-0.25, -0.2) is 0 Å². The Morgan fingerprint density at radius 3 is 2.34 bits per heavy atom. The van der Waals surface area contributed by atoms with E-state index in [1.807, 2.05) is 25.1 Å². The van der Waals surface area contributed by atoms with Gasteiger partial charge in [-0.05, 0) is 60.6 Å². The van der Waals surface area contributed by atoms with Gasteiger partial charge in [-0.15, -0.1) is 23.2 Å². The Kier molecular flexibility index (Phi) is 6.79. The smallest absolute Gasteiger partial charge is 0.254 e. The number of phenols is 1. The van der Waals surface area contributed by atoms with Crippen LogP contribution in [0.1, 0.15) is 36.8 Å². The van der Waals surface area contributed by atoms with E-state index in [1.54, 1.807) is 24.3 Å². The van der Waals surface area contributed by atoms with Crippen LogP contribution in [0.4, 0.5) is 5.69 Å². The van der Waals surface area contributed by atoms with E-state index in [0.29, 0.717) is 16.8 Å². The van der Waals surface area contributed by atoms with Crippen LogP contribution < -0.4 is 9.64 Å². The highest BCUT2D eigenvalue weighted by Crippen LogP contribution is 2.65. The number of imide groups is 2. The first-order valence-electron chi connectivity index (χ1n) is 13.4. The molecule has 2 aromatic carbocycles. The molecule has 3 fully saturated rings. The number of alkyl halides is 3. The topological polar surface area (TPSA) is 104 Å². The van der Waals surface area contributed by atoms with E-state index in [9.17, 15) is 24.3 Å². The number of ether oxygens (including phenoxy) is 1. The molecule has 6 atom stereocenters. The second kappa shape index (κ2) is 9.85. The SMILES string of the molecule is CCc1ccc(N2C(=O)[C@H]3[C@H](CC=C4[C@H]3C[C@@]3(Cl)C(=O)N(CBr)C(=O)[C@@]3(Cl)[C@H]4c3ccc(OC)c(O)c3)C2=O)cc1. The van der Waals surface area contributed by atoms with Gasteiger partial charge < -0.3 is 9.84 Å². The number of carbonyl (C=O) groups is 4. The zero-order chi connectivity index (χ0) is 29.4. The van der Waals surface area contributed by atoms with Crippen molar-refractivity contribution in [1.82, 2.24) is 4.90 Å². The highest BCUT2D eigenvalue weighted by molar-refractivity contribution is 9.09. The minimum Gasteiger partial charge on any atom is -0.504 e. The van der Waals surface area contributed by atoms with Crippen molar-refractivity contribution in [2.45, 2.75) is 41.9 Å².